The molecule has 48 nitrogen and oxygen atoms in total. The molecule has 6 aromatic rings. The first-order valence-corrected chi connectivity index (χ1v) is 48.6. The first kappa shape index (κ1) is 118. The average molecular weight is 2050 g/mol. The van der Waals surface area contributed by atoms with Crippen LogP contribution in [0.25, 0.3) is 21.9 Å². The van der Waals surface area contributed by atoms with Crippen molar-refractivity contribution in [1.29, 1.82) is 5.41 Å². The van der Waals surface area contributed by atoms with Gasteiger partial charge in [0.25, 0.3) is 0 Å². The van der Waals surface area contributed by atoms with Gasteiger partial charge in [0.05, 0.1) is 31.5 Å². The van der Waals surface area contributed by atoms with Crippen LogP contribution in [-0.4, -0.2) is 260 Å². The number of likely N-dealkylation sites (tertiary alicyclic amines) is 1. The Morgan fingerprint density at radius 3 is 1.59 bits per heavy atom. The lowest BCUT2D eigenvalue weighted by molar-refractivity contribution is -0.143. The normalized spacial score (nSPS) is 15.4. The zero-order valence-electron chi connectivity index (χ0n) is 84.0. The van der Waals surface area contributed by atoms with Crippen LogP contribution in [0.4, 0.5) is 5.69 Å². The maximum Gasteiger partial charge on any atom is 0.336 e. The number of nitrogens with two attached hydrogens (primary N) is 6. The number of carboxylic acid groups (broad SMARTS) is 1. The van der Waals surface area contributed by atoms with Gasteiger partial charge in [-0.15, -0.1) is 0 Å². The van der Waals surface area contributed by atoms with E-state index < -0.39 is 264 Å². The van der Waals surface area contributed by atoms with Gasteiger partial charge in [0.2, 0.25) is 106 Å². The summed E-state index contributed by atoms with van der Waals surface area (Å²) in [6.45, 7) is 14.5. The number of benzene rings is 4. The lowest BCUT2D eigenvalue weighted by atomic mass is 9.91. The highest BCUT2D eigenvalue weighted by Gasteiger charge is 2.46. The van der Waals surface area contributed by atoms with E-state index in [4.69, 9.17) is 44.2 Å². The fraction of sp³-hybridized carbons (Fsp3) is 0.505. The summed E-state index contributed by atoms with van der Waals surface area (Å²) in [6, 6.07) is 5.95. The van der Waals surface area contributed by atoms with Gasteiger partial charge in [-0.2, -0.15) is 0 Å². The second-order valence-electron chi connectivity index (χ2n) is 38.1. The largest absolute Gasteiger partial charge is 0.508 e. The number of nitrogens with one attached hydrogen (secondary N) is 17. The van der Waals surface area contributed by atoms with Crippen LogP contribution in [0.5, 0.6) is 5.75 Å². The third-order valence-corrected chi connectivity index (χ3v) is 24.7. The number of anilines is 1. The minimum absolute atomic E-state index is 0.0205. The van der Waals surface area contributed by atoms with Gasteiger partial charge >= 0.3 is 11.6 Å². The number of nitrogens with zero attached hydrogens (tertiary/aromatic N) is 1. The summed E-state index contributed by atoms with van der Waals surface area (Å²) in [6.07, 6.45) is -3.54. The first-order valence-electron chi connectivity index (χ1n) is 48.6. The average Bonchev–Trinajstić information content (AvgIpc) is 1.62. The summed E-state index contributed by atoms with van der Waals surface area (Å²) in [5.41, 5.74) is 33.0. The number of hydrogen-bond donors (Lipinski definition) is 26. The molecule has 0 bridgehead atoms. The Hall–Kier alpha value is -15.5. The van der Waals surface area contributed by atoms with Crippen LogP contribution in [0.15, 0.2) is 119 Å². The first-order chi connectivity index (χ1) is 69.4. The van der Waals surface area contributed by atoms with Crippen molar-refractivity contribution in [3.05, 3.63) is 142 Å². The Morgan fingerprint density at radius 1 is 0.517 bits per heavy atom. The molecule has 0 spiro atoms. The molecule has 4 aromatic carbocycles. The van der Waals surface area contributed by atoms with Gasteiger partial charge in [-0.25, -0.2) is 4.79 Å². The number of carboxylic acids is 1. The smallest absolute Gasteiger partial charge is 0.336 e. The second-order valence-corrected chi connectivity index (χ2v) is 38.1. The van der Waals surface area contributed by atoms with Gasteiger partial charge < -0.3 is 144 Å². The molecule has 18 amide bonds. The summed E-state index contributed by atoms with van der Waals surface area (Å²) in [5.74, 6) is -21.6. The number of unbranched alkanes of at least 4 members (excludes halogenated alkanes) is 1. The van der Waals surface area contributed by atoms with Gasteiger partial charge in [0.15, 0.2) is 5.96 Å². The third-order valence-electron chi connectivity index (χ3n) is 24.7. The SMILES string of the molecule is CC(C)C[C@H](N)C(=O)N[C@@H](CC(=O)O)C(=O)N[C@H](C(=O)N[C@@H](CCCNC(=N)N)C(=O)N[C@@H](Cc1c[nH]c2ccccc12)C(=O)N[C@@H](CCC(N)=O)C(=O)N[C@@H](Cc1ccc(O)cc1)C(=O)N[C@H](C(=O)N1CCC[C@@H]1C(=O)NCC(=O)N[C@@H](CCCCN)C(=O)N[C@@H](Cc1ccccc1)C(=O)N[C@](C)(C(=O)N[C@H](C(=O)N[C@@H](CCC(N)=O)C(=O)Nc1ccc2c(CC(N)=O)cc(=O)oc2c1)C(C)C)[C@H](C)O)C(C)C)C(C)C. The lowest BCUT2D eigenvalue weighted by Crippen LogP contribution is -2.68. The number of phenolic OH excluding ortho intramolecular Hbond substituents is 1. The second kappa shape index (κ2) is 56.7. The van der Waals surface area contributed by atoms with Gasteiger partial charge in [0, 0.05) is 85.5 Å². The standard InChI is InChI=1S/C99H140N24O24/c1-50(2)40-63(101)84(133)115-72(47-79(130)131)91(140)119-81(51(3)4)94(143)113-66(25-18-38-107-98(105)106)87(136)118-71(43-58-48-108-64-23-15-14-22-61(58)64)89(138)112-68(34-36-76(103)127)88(137)116-69(42-56-27-30-60(125)31-28-56)90(139)120-83(53(7)8)96(145)123-39-19-26-73(123)93(142)109-49-78(129)111-65(24-16-17-37-100)86(135)117-70(41-55-20-12-11-13-21-55)92(141)122-99(10,54(9)124)97(146)121-82(52(5)6)95(144)114-67(33-35-75(102)126)85(134)110-59-29-32-62-57(44-77(104)128)45-80(132)147-74(62)46-59/h11-15,20-23,27-32,45-46,48,50-54,63,65-73,81-83,108,124-125H,16-19,24-26,33-44,47,49,100-101H2,1-10H3,(H2,102,126)(H2,103,127)(H2,104,128)(H,109,142)(H,110,134)(H,111,129)(H,112,138)(H,113,143)(H,114,144)(H,115,133)(H,116,137)(H,117,135)(H,118,136)(H,119,140)(H,120,139)(H,121,146)(H,122,141)(H,130,131)(H4,105,106,107)/t54-,63-,65-,66-,67-,68-,69-,70-,71-,72-,73+,81-,82-,83-,99-/m0/s1. The molecular formula is C99H140N24O24. The predicted molar refractivity (Wildman–Crippen MR) is 538 cm³/mol. The van der Waals surface area contributed by atoms with Crippen molar-refractivity contribution < 1.29 is 111 Å². The zero-order chi connectivity index (χ0) is 109. The van der Waals surface area contributed by atoms with Crippen molar-refractivity contribution in [1.82, 2.24) is 84.3 Å². The highest BCUT2D eigenvalue weighted by atomic mass is 16.4. The van der Waals surface area contributed by atoms with E-state index in [0.29, 0.717) is 39.4 Å². The third kappa shape index (κ3) is 37.0. The molecule has 0 radical (unpaired) electrons. The number of para-hydroxylation sites is 1. The van der Waals surface area contributed by atoms with E-state index >= 15 is 24.0 Å². The predicted octanol–water partition coefficient (Wildman–Crippen LogP) is -2.89. The number of aliphatic hydroxyl groups excluding tert-OH is 1. The van der Waals surface area contributed by atoms with Crippen molar-refractivity contribution in [3.63, 3.8) is 0 Å². The number of carbonyl (C=O) groups excluding carboxylic acids is 18. The van der Waals surface area contributed by atoms with Crippen LogP contribution in [0.3, 0.4) is 0 Å². The zero-order valence-corrected chi connectivity index (χ0v) is 84.0. The molecule has 0 aliphatic carbocycles. The summed E-state index contributed by atoms with van der Waals surface area (Å²) in [5, 5.41) is 79.1. The molecule has 1 fully saturated rings. The van der Waals surface area contributed by atoms with Gasteiger partial charge in [0.1, 0.15) is 89.4 Å². The maximum absolute atomic E-state index is 15.3. The molecule has 2 aromatic heterocycles. The van der Waals surface area contributed by atoms with Crippen LogP contribution < -0.4 is 120 Å². The van der Waals surface area contributed by atoms with E-state index in [1.54, 1.807) is 88.5 Å². The molecule has 0 saturated carbocycles. The van der Waals surface area contributed by atoms with E-state index in [0.717, 1.165) is 13.0 Å². The van der Waals surface area contributed by atoms with Gasteiger partial charge in [-0.05, 0) is 161 Å². The summed E-state index contributed by atoms with van der Waals surface area (Å²) in [7, 11) is 0. The number of carbonyl (C=O) groups is 19. The Balaban J connectivity index is 1.08. The number of aromatic amines is 1. The quantitative estimate of drug-likeness (QED) is 0.00789. The van der Waals surface area contributed by atoms with E-state index in [1.165, 1.54) is 82.0 Å². The van der Waals surface area contributed by atoms with Gasteiger partial charge in [-0.3, -0.25) is 96.5 Å². The Morgan fingerprint density at radius 2 is 1.02 bits per heavy atom. The molecule has 7 rings (SSSR count). The Kier molecular flexibility index (Phi) is 45.7. The van der Waals surface area contributed by atoms with Gasteiger partial charge in [-0.1, -0.05) is 116 Å². The molecule has 1 aliphatic heterocycles. The molecule has 15 atom stereocenters. The van der Waals surface area contributed by atoms with Crippen LogP contribution in [0, 0.1) is 29.1 Å². The van der Waals surface area contributed by atoms with Crippen LogP contribution in [0.2, 0.25) is 0 Å². The fourth-order valence-corrected chi connectivity index (χ4v) is 16.4. The van der Waals surface area contributed by atoms with Crippen molar-refractivity contribution in [2.45, 2.75) is 269 Å². The van der Waals surface area contributed by atoms with Crippen molar-refractivity contribution in [3.8, 4) is 5.75 Å². The monoisotopic (exact) mass is 2050 g/mol. The number of primary amides is 3. The molecule has 48 heteroatoms. The van der Waals surface area contributed by atoms with Crippen molar-refractivity contribution in [2.24, 2.45) is 58.1 Å². The number of guanidine groups is 1. The Labute approximate surface area is 848 Å². The molecule has 32 N–H and O–H groups in total. The number of aliphatic hydroxyl groups is 1. The van der Waals surface area contributed by atoms with Crippen LogP contribution in [-0.2, 0) is 117 Å². The van der Waals surface area contributed by atoms with E-state index in [2.05, 4.69) is 84.7 Å². The number of H-pyrrole nitrogens is 1. The molecule has 1 saturated heterocycles. The topological polar surface area (TPSA) is 795 Å². The minimum Gasteiger partial charge on any atom is -0.508 e. The number of fused-ring (bicyclic) bond motifs is 2. The summed E-state index contributed by atoms with van der Waals surface area (Å²) in [4.78, 5) is 284. The van der Waals surface area contributed by atoms with Crippen LogP contribution in [0.1, 0.15) is 175 Å². The number of aromatic nitrogens is 1. The number of rotatable bonds is 59. The number of amides is 18. The minimum atomic E-state index is -2.32. The lowest BCUT2D eigenvalue weighted by Gasteiger charge is -2.36. The molecule has 0 unspecified atom stereocenters. The highest BCUT2D eigenvalue weighted by molar-refractivity contribution is 6.04. The number of aromatic hydroxyl groups is 1. The Bertz CT molecular complexity index is 5760. The number of aliphatic carboxylic acids is 1. The molecule has 147 heavy (non-hydrogen) atoms. The van der Waals surface area contributed by atoms with E-state index in [-0.39, 0.29) is 125 Å². The number of phenols is 1. The molecular weight excluding hydrogens is 1910 g/mol. The highest BCUT2D eigenvalue weighted by Crippen LogP contribution is 2.27. The maximum atomic E-state index is 15.3. The van der Waals surface area contributed by atoms with E-state index in [9.17, 15) is 87.2 Å². The van der Waals surface area contributed by atoms with Crippen molar-refractivity contribution >= 4 is 146 Å². The summed E-state index contributed by atoms with van der Waals surface area (Å²) >= 11 is 0. The molecule has 1 aliphatic rings. The number of hydrogen-bond acceptors (Lipinski definition) is 26. The van der Waals surface area contributed by atoms with Crippen molar-refractivity contribution in [2.75, 3.05) is 31.5 Å². The van der Waals surface area contributed by atoms with Crippen LogP contribution >= 0.6 is 0 Å². The molecule has 800 valence electrons. The van der Waals surface area contributed by atoms with E-state index in [1.807, 2.05) is 0 Å². The molecule has 3 heterocycles. The fourth-order valence-electron chi connectivity index (χ4n) is 16.4. The summed E-state index contributed by atoms with van der Waals surface area (Å²) < 4.78 is 5.32.